The van der Waals surface area contributed by atoms with E-state index in [0.717, 1.165) is 18.6 Å². The fraction of sp³-hybridized carbons (Fsp3) is 0.400. The number of pyridine rings is 1. The van der Waals surface area contributed by atoms with Crippen LogP contribution in [0.15, 0.2) is 41.5 Å². The van der Waals surface area contributed by atoms with Crippen molar-refractivity contribution in [2.24, 2.45) is 16.6 Å². The number of halogens is 2. The Balaban J connectivity index is 1.84. The number of nitrogens with two attached hydrogens (primary N) is 1. The second-order valence-electron chi connectivity index (χ2n) is 7.00. The van der Waals surface area contributed by atoms with Crippen molar-refractivity contribution in [1.82, 2.24) is 4.98 Å². The van der Waals surface area contributed by atoms with Gasteiger partial charge < -0.3 is 10.5 Å². The lowest BCUT2D eigenvalue weighted by Crippen LogP contribution is -2.50. The minimum atomic E-state index is -0.875. The third kappa shape index (κ3) is 3.23. The molecule has 2 aliphatic heterocycles. The maximum Gasteiger partial charge on any atom is 0.220 e. The summed E-state index contributed by atoms with van der Waals surface area (Å²) in [5.74, 6) is -0.0931. The topological polar surface area (TPSA) is 60.5 Å². The molecule has 2 aromatic rings. The third-order valence-corrected chi connectivity index (χ3v) is 6.42. The zero-order chi connectivity index (χ0) is 19.0. The van der Waals surface area contributed by atoms with Gasteiger partial charge in [0.15, 0.2) is 5.17 Å². The van der Waals surface area contributed by atoms with Gasteiger partial charge in [0, 0.05) is 29.0 Å². The monoisotopic (exact) mass is 389 g/mol. The van der Waals surface area contributed by atoms with Gasteiger partial charge in [-0.05, 0) is 42.7 Å². The van der Waals surface area contributed by atoms with E-state index < -0.39 is 11.5 Å². The van der Waals surface area contributed by atoms with Crippen LogP contribution in [0.5, 0.6) is 0 Å². The minimum Gasteiger partial charge on any atom is -0.379 e. The molecule has 1 fully saturated rings. The Morgan fingerprint density at radius 3 is 2.96 bits per heavy atom. The van der Waals surface area contributed by atoms with Crippen LogP contribution < -0.4 is 5.73 Å². The van der Waals surface area contributed by atoms with E-state index in [0.29, 0.717) is 21.9 Å². The van der Waals surface area contributed by atoms with Gasteiger partial charge in [-0.3, -0.25) is 0 Å². The number of amidine groups is 1. The Labute approximate surface area is 161 Å². The number of rotatable bonds is 3. The Hall–Kier alpha value is -1.99. The van der Waals surface area contributed by atoms with Gasteiger partial charge in [0.2, 0.25) is 5.95 Å². The van der Waals surface area contributed by atoms with Gasteiger partial charge in [-0.2, -0.15) is 4.39 Å². The molecule has 1 saturated heterocycles. The van der Waals surface area contributed by atoms with E-state index in [1.54, 1.807) is 24.3 Å². The highest BCUT2D eigenvalue weighted by Crippen LogP contribution is 2.47. The molecule has 0 amide bonds. The van der Waals surface area contributed by atoms with E-state index in [-0.39, 0.29) is 24.4 Å². The quantitative estimate of drug-likeness (QED) is 0.803. The Kier molecular flexibility index (Phi) is 4.90. The third-order valence-electron chi connectivity index (χ3n) is 5.46. The van der Waals surface area contributed by atoms with Crippen molar-refractivity contribution in [3.8, 4) is 11.1 Å². The Morgan fingerprint density at radius 2 is 2.19 bits per heavy atom. The molecule has 1 aromatic heterocycles. The van der Waals surface area contributed by atoms with Crippen LogP contribution in [0.2, 0.25) is 0 Å². The molecular formula is C20H21F2N3OS. The molecule has 0 saturated carbocycles. The average molecular weight is 389 g/mol. The van der Waals surface area contributed by atoms with Crippen molar-refractivity contribution in [3.63, 3.8) is 0 Å². The van der Waals surface area contributed by atoms with Gasteiger partial charge in [0.1, 0.15) is 11.4 Å². The van der Waals surface area contributed by atoms with Crippen molar-refractivity contribution in [3.05, 3.63) is 53.9 Å². The molecule has 2 N–H and O–H groups in total. The molecule has 1 aromatic carbocycles. The summed E-state index contributed by atoms with van der Waals surface area (Å²) in [5.41, 5.74) is 6.45. The first-order chi connectivity index (χ1) is 13.0. The van der Waals surface area contributed by atoms with Crippen molar-refractivity contribution >= 4 is 16.9 Å². The van der Waals surface area contributed by atoms with Crippen LogP contribution in [-0.4, -0.2) is 28.6 Å². The summed E-state index contributed by atoms with van der Waals surface area (Å²) in [7, 11) is 0. The zero-order valence-corrected chi connectivity index (χ0v) is 15.8. The molecule has 0 unspecified atom stereocenters. The predicted molar refractivity (Wildman–Crippen MR) is 103 cm³/mol. The first-order valence-electron chi connectivity index (χ1n) is 9.04. The van der Waals surface area contributed by atoms with E-state index in [2.05, 4.69) is 16.9 Å². The molecule has 4 rings (SSSR count). The van der Waals surface area contributed by atoms with Gasteiger partial charge in [-0.15, -0.1) is 0 Å². The highest BCUT2D eigenvalue weighted by Gasteiger charge is 2.49. The van der Waals surface area contributed by atoms with Crippen LogP contribution in [0.25, 0.3) is 11.1 Å². The fourth-order valence-electron chi connectivity index (χ4n) is 3.96. The maximum atomic E-state index is 15.0. The normalized spacial score (nSPS) is 27.7. The molecule has 142 valence electrons. The number of thioether (sulfide) groups is 1. The molecular weight excluding hydrogens is 368 g/mol. The number of ether oxygens (including phenoxy) is 1. The maximum absolute atomic E-state index is 15.0. The summed E-state index contributed by atoms with van der Waals surface area (Å²) in [6.45, 7) is 2.35. The van der Waals surface area contributed by atoms with Crippen molar-refractivity contribution in [2.45, 2.75) is 31.4 Å². The second kappa shape index (κ2) is 7.20. The van der Waals surface area contributed by atoms with Crippen LogP contribution >= 0.6 is 11.8 Å². The first kappa shape index (κ1) is 18.4. The largest absolute Gasteiger partial charge is 0.379 e. The van der Waals surface area contributed by atoms with Crippen LogP contribution in [0, 0.1) is 17.7 Å². The summed E-state index contributed by atoms with van der Waals surface area (Å²) >= 11 is 1.50. The minimum absolute atomic E-state index is 0.108. The van der Waals surface area contributed by atoms with Gasteiger partial charge in [0.05, 0.1) is 12.7 Å². The number of benzene rings is 1. The summed E-state index contributed by atoms with van der Waals surface area (Å²) in [6, 6.07) is 7.89. The average Bonchev–Trinajstić information content (AvgIpc) is 2.68. The fourth-order valence-corrected chi connectivity index (χ4v) is 4.97. The number of hydrogen-bond donors (Lipinski definition) is 1. The van der Waals surface area contributed by atoms with Gasteiger partial charge in [-0.1, -0.05) is 24.8 Å². The van der Waals surface area contributed by atoms with E-state index in [1.807, 2.05) is 0 Å². The molecule has 7 heteroatoms. The van der Waals surface area contributed by atoms with Crippen molar-refractivity contribution in [1.29, 1.82) is 0 Å². The number of hydrogen-bond acceptors (Lipinski definition) is 5. The zero-order valence-electron chi connectivity index (χ0n) is 15.0. The molecule has 0 radical (unpaired) electrons. The lowest BCUT2D eigenvalue weighted by molar-refractivity contribution is -0.0578. The number of aromatic nitrogens is 1. The summed E-state index contributed by atoms with van der Waals surface area (Å²) in [5, 5.41) is 0.433. The highest BCUT2D eigenvalue weighted by molar-refractivity contribution is 8.13. The second-order valence-corrected chi connectivity index (χ2v) is 8.04. The standard InChI is InChI=1S/C20H21F2N3OS/c1-2-14-9-13-10-27-19(23)25-20(13,11-26-14)16-8-12(5-6-17(16)21)15-4-3-7-24-18(15)22/h3-8,13-14H,2,9-11H2,1H3,(H2,23,25)/t13-,14-,20-/m0/s1. The molecule has 0 aliphatic carbocycles. The van der Waals surface area contributed by atoms with Gasteiger partial charge in [-0.25, -0.2) is 14.4 Å². The van der Waals surface area contributed by atoms with Crippen LogP contribution in [-0.2, 0) is 10.3 Å². The van der Waals surface area contributed by atoms with E-state index >= 15 is 0 Å². The van der Waals surface area contributed by atoms with E-state index in [4.69, 9.17) is 10.5 Å². The predicted octanol–water partition coefficient (Wildman–Crippen LogP) is 4.10. The smallest absolute Gasteiger partial charge is 0.220 e. The van der Waals surface area contributed by atoms with Crippen molar-refractivity contribution < 1.29 is 13.5 Å². The molecule has 0 spiro atoms. The summed E-state index contributed by atoms with van der Waals surface area (Å²) in [6.07, 6.45) is 3.23. The molecule has 3 atom stereocenters. The van der Waals surface area contributed by atoms with Gasteiger partial charge in [0.25, 0.3) is 0 Å². The van der Waals surface area contributed by atoms with Crippen LogP contribution in [0.1, 0.15) is 25.3 Å². The highest BCUT2D eigenvalue weighted by atomic mass is 32.2. The molecule has 3 heterocycles. The van der Waals surface area contributed by atoms with Crippen LogP contribution in [0.3, 0.4) is 0 Å². The Bertz CT molecular complexity index is 891. The molecule has 4 nitrogen and oxygen atoms in total. The summed E-state index contributed by atoms with van der Waals surface area (Å²) in [4.78, 5) is 8.37. The van der Waals surface area contributed by atoms with E-state index in [1.165, 1.54) is 24.0 Å². The first-order valence-corrected chi connectivity index (χ1v) is 10.0. The summed E-state index contributed by atoms with van der Waals surface area (Å²) < 4.78 is 35.1. The van der Waals surface area contributed by atoms with Gasteiger partial charge >= 0.3 is 0 Å². The molecule has 27 heavy (non-hydrogen) atoms. The molecule has 0 bridgehead atoms. The lowest BCUT2D eigenvalue weighted by atomic mass is 9.74. The number of nitrogens with zero attached hydrogens (tertiary/aromatic N) is 2. The Morgan fingerprint density at radius 1 is 1.33 bits per heavy atom. The van der Waals surface area contributed by atoms with Crippen molar-refractivity contribution in [2.75, 3.05) is 12.4 Å². The number of fused-ring (bicyclic) bond motifs is 1. The molecule has 2 aliphatic rings. The SMILES string of the molecule is CC[C@H]1C[C@H]2CSC(N)=N[C@@]2(c2cc(-c3cccnc3F)ccc2F)CO1. The van der Waals surface area contributed by atoms with Crippen LogP contribution in [0.4, 0.5) is 8.78 Å². The number of aliphatic imine (C=N–C) groups is 1. The lowest BCUT2D eigenvalue weighted by Gasteiger charge is -2.46. The van der Waals surface area contributed by atoms with E-state index in [9.17, 15) is 8.78 Å².